The van der Waals surface area contributed by atoms with Crippen LogP contribution in [0.25, 0.3) is 0 Å². The van der Waals surface area contributed by atoms with Crippen LogP contribution in [0.3, 0.4) is 0 Å². The summed E-state index contributed by atoms with van der Waals surface area (Å²) < 4.78 is 5.09. The highest BCUT2D eigenvalue weighted by molar-refractivity contribution is 5.91. The molecular formula is C16H19NO4. The summed E-state index contributed by atoms with van der Waals surface area (Å²) in [4.78, 5) is 24.4. The molecule has 2 rings (SSSR count). The molecule has 0 saturated carbocycles. The van der Waals surface area contributed by atoms with Crippen molar-refractivity contribution in [3.05, 3.63) is 42.0 Å². The van der Waals surface area contributed by atoms with Crippen LogP contribution in [-0.4, -0.2) is 30.3 Å². The van der Waals surface area contributed by atoms with Gasteiger partial charge in [0, 0.05) is 18.9 Å². The fourth-order valence-corrected chi connectivity index (χ4v) is 2.59. The third kappa shape index (κ3) is 3.42. The zero-order valence-electron chi connectivity index (χ0n) is 12.0. The van der Waals surface area contributed by atoms with Crippen molar-refractivity contribution in [3.8, 4) is 0 Å². The van der Waals surface area contributed by atoms with Gasteiger partial charge in [-0.2, -0.15) is 0 Å². The van der Waals surface area contributed by atoms with Crippen LogP contribution in [0.2, 0.25) is 0 Å². The van der Waals surface area contributed by atoms with Gasteiger partial charge < -0.3 is 9.84 Å². The molecule has 5 heteroatoms. The first kappa shape index (κ1) is 15.1. The summed E-state index contributed by atoms with van der Waals surface area (Å²) >= 11 is 0. The van der Waals surface area contributed by atoms with Crippen LogP contribution in [0.15, 0.2) is 30.9 Å². The second-order valence-electron chi connectivity index (χ2n) is 5.17. The first-order chi connectivity index (χ1) is 10.0. The van der Waals surface area contributed by atoms with Gasteiger partial charge in [0.1, 0.15) is 6.61 Å². The number of anilines is 1. The number of aliphatic carboxylic acids is 1. The second kappa shape index (κ2) is 6.43. The minimum atomic E-state index is -0.822. The van der Waals surface area contributed by atoms with Crippen LogP contribution in [0.1, 0.15) is 29.9 Å². The molecule has 1 heterocycles. The van der Waals surface area contributed by atoms with Crippen LogP contribution in [0, 0.1) is 6.92 Å². The summed E-state index contributed by atoms with van der Waals surface area (Å²) in [5.74, 6) is -0.788. The van der Waals surface area contributed by atoms with Crippen LogP contribution < -0.4 is 4.90 Å². The molecule has 0 radical (unpaired) electrons. The van der Waals surface area contributed by atoms with Gasteiger partial charge in [0.15, 0.2) is 0 Å². The maximum Gasteiger partial charge on any atom is 0.414 e. The lowest BCUT2D eigenvalue weighted by atomic mass is 9.95. The van der Waals surface area contributed by atoms with Crippen molar-refractivity contribution in [1.29, 1.82) is 0 Å². The van der Waals surface area contributed by atoms with E-state index in [1.165, 1.54) is 6.08 Å². The normalized spacial score (nSPS) is 16.4. The van der Waals surface area contributed by atoms with Gasteiger partial charge in [-0.15, -0.1) is 0 Å². The van der Waals surface area contributed by atoms with E-state index in [0.717, 1.165) is 16.8 Å². The Kier molecular flexibility index (Phi) is 4.62. The number of hydrogen-bond donors (Lipinski definition) is 1. The lowest BCUT2D eigenvalue weighted by Crippen LogP contribution is -2.30. The Hall–Kier alpha value is -2.30. The second-order valence-corrected chi connectivity index (χ2v) is 5.17. The highest BCUT2D eigenvalue weighted by Crippen LogP contribution is 2.39. The number of aryl methyl sites for hydroxylation is 1. The van der Waals surface area contributed by atoms with E-state index in [1.54, 1.807) is 4.90 Å². The predicted octanol–water partition coefficient (Wildman–Crippen LogP) is 3.09. The zero-order chi connectivity index (χ0) is 15.4. The molecule has 1 amide bonds. The molecule has 5 nitrogen and oxygen atoms in total. The lowest BCUT2D eigenvalue weighted by Gasteiger charge is -2.17. The Labute approximate surface area is 123 Å². The molecule has 0 saturated heterocycles. The van der Waals surface area contributed by atoms with E-state index >= 15 is 0 Å². The minimum absolute atomic E-state index is 0.0345. The highest BCUT2D eigenvalue weighted by atomic mass is 16.6. The van der Waals surface area contributed by atoms with Gasteiger partial charge in [-0.3, -0.25) is 9.69 Å². The summed E-state index contributed by atoms with van der Waals surface area (Å²) in [7, 11) is 0. The fraction of sp³-hybridized carbons (Fsp3) is 0.375. The molecular weight excluding hydrogens is 270 g/mol. The number of carboxylic acids is 1. The Bertz CT molecular complexity index is 567. The molecule has 0 aromatic heterocycles. The summed E-state index contributed by atoms with van der Waals surface area (Å²) in [6.07, 6.45) is 1.70. The van der Waals surface area contributed by atoms with Crippen molar-refractivity contribution in [2.24, 2.45) is 0 Å². The molecule has 0 bridgehead atoms. The number of benzene rings is 1. The number of carbonyl (C=O) groups excluding carboxylic acids is 1. The van der Waals surface area contributed by atoms with Crippen LogP contribution in [0.5, 0.6) is 0 Å². The van der Waals surface area contributed by atoms with Gasteiger partial charge in [0.2, 0.25) is 0 Å². The van der Waals surface area contributed by atoms with Gasteiger partial charge in [-0.05, 0) is 25.0 Å². The number of carboxylic acid groups (broad SMARTS) is 1. The molecule has 1 atom stereocenters. The van der Waals surface area contributed by atoms with Crippen molar-refractivity contribution in [1.82, 2.24) is 0 Å². The van der Waals surface area contributed by atoms with Gasteiger partial charge >= 0.3 is 12.1 Å². The van der Waals surface area contributed by atoms with Crippen LogP contribution >= 0.6 is 0 Å². The number of amides is 1. The molecule has 0 fully saturated rings. The van der Waals surface area contributed by atoms with Crippen molar-refractivity contribution < 1.29 is 19.4 Å². The van der Waals surface area contributed by atoms with E-state index in [0.29, 0.717) is 13.0 Å². The molecule has 0 spiro atoms. The van der Waals surface area contributed by atoms with E-state index in [4.69, 9.17) is 9.84 Å². The summed E-state index contributed by atoms with van der Waals surface area (Å²) in [5.41, 5.74) is 2.92. The van der Waals surface area contributed by atoms with E-state index < -0.39 is 12.1 Å². The summed E-state index contributed by atoms with van der Waals surface area (Å²) in [6.45, 7) is 6.12. The van der Waals surface area contributed by atoms with Crippen molar-refractivity contribution in [2.45, 2.75) is 25.7 Å². The molecule has 1 aromatic carbocycles. The topological polar surface area (TPSA) is 66.8 Å². The summed E-state index contributed by atoms with van der Waals surface area (Å²) in [6, 6.07) is 5.84. The lowest BCUT2D eigenvalue weighted by molar-refractivity contribution is -0.137. The van der Waals surface area contributed by atoms with Gasteiger partial charge in [-0.25, -0.2) is 4.79 Å². The smallest absolute Gasteiger partial charge is 0.414 e. The van der Waals surface area contributed by atoms with E-state index in [2.05, 4.69) is 6.58 Å². The van der Waals surface area contributed by atoms with E-state index in [-0.39, 0.29) is 18.9 Å². The Balaban J connectivity index is 2.21. The van der Waals surface area contributed by atoms with E-state index in [1.807, 2.05) is 25.1 Å². The molecule has 21 heavy (non-hydrogen) atoms. The first-order valence-electron chi connectivity index (χ1n) is 6.90. The van der Waals surface area contributed by atoms with Gasteiger partial charge in [0.25, 0.3) is 0 Å². The summed E-state index contributed by atoms with van der Waals surface area (Å²) in [5, 5.41) is 8.85. The number of fused-ring (bicyclic) bond motifs is 1. The Morgan fingerprint density at radius 1 is 1.52 bits per heavy atom. The highest BCUT2D eigenvalue weighted by Gasteiger charge is 2.33. The fourth-order valence-electron chi connectivity index (χ4n) is 2.59. The Morgan fingerprint density at radius 3 is 2.95 bits per heavy atom. The van der Waals surface area contributed by atoms with E-state index in [9.17, 15) is 9.59 Å². The molecule has 1 aliphatic rings. The number of carbonyl (C=O) groups is 2. The van der Waals surface area contributed by atoms with Crippen molar-refractivity contribution >= 4 is 17.7 Å². The van der Waals surface area contributed by atoms with Crippen molar-refractivity contribution in [3.63, 3.8) is 0 Å². The quantitative estimate of drug-likeness (QED) is 0.846. The standard InChI is InChI=1S/C16H19NO4/c1-3-8-21-16(20)17-10-12(5-7-15(18)19)13-9-11(2)4-6-14(13)17/h3-4,6,9,12H,1,5,7-8,10H2,2H3,(H,18,19). The zero-order valence-corrected chi connectivity index (χ0v) is 12.0. The van der Waals surface area contributed by atoms with Gasteiger partial charge in [0.05, 0.1) is 5.69 Å². The largest absolute Gasteiger partial charge is 0.481 e. The first-order valence-corrected chi connectivity index (χ1v) is 6.90. The molecule has 1 unspecified atom stereocenters. The maximum atomic E-state index is 12.1. The molecule has 112 valence electrons. The van der Waals surface area contributed by atoms with Crippen molar-refractivity contribution in [2.75, 3.05) is 18.1 Å². The molecule has 1 aromatic rings. The average molecular weight is 289 g/mol. The van der Waals surface area contributed by atoms with Gasteiger partial charge in [-0.1, -0.05) is 30.4 Å². The monoisotopic (exact) mass is 289 g/mol. The third-order valence-electron chi connectivity index (χ3n) is 3.57. The van der Waals surface area contributed by atoms with Crippen LogP contribution in [0.4, 0.5) is 10.5 Å². The number of ether oxygens (including phenoxy) is 1. The molecule has 0 aliphatic carbocycles. The maximum absolute atomic E-state index is 12.1. The number of nitrogens with zero attached hydrogens (tertiary/aromatic N) is 1. The molecule has 1 N–H and O–H groups in total. The number of rotatable bonds is 5. The predicted molar refractivity (Wildman–Crippen MR) is 79.7 cm³/mol. The molecule has 1 aliphatic heterocycles. The number of hydrogen-bond acceptors (Lipinski definition) is 3. The SMILES string of the molecule is C=CCOC(=O)N1CC(CCC(=O)O)c2cc(C)ccc21. The minimum Gasteiger partial charge on any atom is -0.481 e. The third-order valence-corrected chi connectivity index (χ3v) is 3.57. The average Bonchev–Trinajstić information content (AvgIpc) is 2.80. The van der Waals surface area contributed by atoms with Crippen LogP contribution in [-0.2, 0) is 9.53 Å². The Morgan fingerprint density at radius 2 is 2.29 bits per heavy atom.